The van der Waals surface area contributed by atoms with Gasteiger partial charge in [0.2, 0.25) is 0 Å². The van der Waals surface area contributed by atoms with E-state index >= 15 is 0 Å². The number of rotatable bonds is 4. The zero-order valence-electron chi connectivity index (χ0n) is 8.22. The van der Waals surface area contributed by atoms with Gasteiger partial charge in [-0.15, -0.1) is 0 Å². The minimum absolute atomic E-state index is 0.376. The molecule has 1 heterocycles. The van der Waals surface area contributed by atoms with Crippen molar-refractivity contribution in [3.8, 4) is 0 Å². The van der Waals surface area contributed by atoms with Crippen molar-refractivity contribution in [2.75, 3.05) is 25.4 Å². The lowest BCUT2D eigenvalue weighted by molar-refractivity contribution is 0.0285. The van der Waals surface area contributed by atoms with Crippen LogP contribution in [0.25, 0.3) is 0 Å². The van der Waals surface area contributed by atoms with Gasteiger partial charge in [0.1, 0.15) is 0 Å². The molecule has 1 aliphatic rings. The number of nitrogens with one attached hydrogen (secondary N) is 1. The number of hydrogen-bond acceptors (Lipinski definition) is 3. The van der Waals surface area contributed by atoms with Gasteiger partial charge in [-0.25, -0.2) is 0 Å². The molecule has 3 heteroatoms. The summed E-state index contributed by atoms with van der Waals surface area (Å²) in [7, 11) is 0. The quantitative estimate of drug-likeness (QED) is 0.677. The van der Waals surface area contributed by atoms with E-state index in [-0.39, 0.29) is 0 Å². The Labute approximate surface area is 79.4 Å². The molecule has 12 heavy (non-hydrogen) atoms. The van der Waals surface area contributed by atoms with Crippen molar-refractivity contribution in [1.29, 1.82) is 0 Å². The fraction of sp³-hybridized carbons (Fsp3) is 1.00. The van der Waals surface area contributed by atoms with E-state index in [1.54, 1.807) is 0 Å². The molecular formula is C9H19NOS. The standard InChI is InChI=1S/C9H19NOS/c1-9(2,3)12-5-4-11-8-6-10-7-8/h8,10H,4-7H2,1-3H3. The summed E-state index contributed by atoms with van der Waals surface area (Å²) in [5.41, 5.74) is 0. The molecule has 0 amide bonds. The van der Waals surface area contributed by atoms with Crippen LogP contribution in [-0.4, -0.2) is 36.3 Å². The van der Waals surface area contributed by atoms with Crippen LogP contribution in [0.1, 0.15) is 20.8 Å². The van der Waals surface area contributed by atoms with Crippen LogP contribution in [0.15, 0.2) is 0 Å². The molecule has 72 valence electrons. The third-order valence-corrected chi connectivity index (χ3v) is 2.95. The zero-order chi connectivity index (χ0) is 9.03. The van der Waals surface area contributed by atoms with Crippen molar-refractivity contribution in [1.82, 2.24) is 5.32 Å². The molecule has 0 spiro atoms. The van der Waals surface area contributed by atoms with Crippen LogP contribution < -0.4 is 5.32 Å². The topological polar surface area (TPSA) is 21.3 Å². The second-order valence-corrected chi connectivity index (χ2v) is 6.03. The predicted molar refractivity (Wildman–Crippen MR) is 54.8 cm³/mol. The van der Waals surface area contributed by atoms with Crippen molar-refractivity contribution < 1.29 is 4.74 Å². The predicted octanol–water partition coefficient (Wildman–Crippen LogP) is 1.51. The minimum atomic E-state index is 0.376. The fourth-order valence-corrected chi connectivity index (χ4v) is 1.73. The van der Waals surface area contributed by atoms with E-state index < -0.39 is 0 Å². The van der Waals surface area contributed by atoms with E-state index in [2.05, 4.69) is 26.1 Å². The van der Waals surface area contributed by atoms with Crippen LogP contribution in [-0.2, 0) is 4.74 Å². The van der Waals surface area contributed by atoms with Gasteiger partial charge in [0.05, 0.1) is 12.7 Å². The van der Waals surface area contributed by atoms with Gasteiger partial charge in [0.25, 0.3) is 0 Å². The minimum Gasteiger partial charge on any atom is -0.375 e. The van der Waals surface area contributed by atoms with E-state index in [1.165, 1.54) is 0 Å². The van der Waals surface area contributed by atoms with Crippen molar-refractivity contribution in [3.05, 3.63) is 0 Å². The molecule has 0 aromatic carbocycles. The number of thioether (sulfide) groups is 1. The van der Waals surface area contributed by atoms with E-state index in [9.17, 15) is 0 Å². The molecular weight excluding hydrogens is 170 g/mol. The van der Waals surface area contributed by atoms with Gasteiger partial charge >= 0.3 is 0 Å². The molecule has 1 fully saturated rings. The van der Waals surface area contributed by atoms with Crippen LogP contribution in [0.3, 0.4) is 0 Å². The Hall–Kier alpha value is 0.270. The van der Waals surface area contributed by atoms with Crippen LogP contribution in [0.4, 0.5) is 0 Å². The maximum absolute atomic E-state index is 5.59. The summed E-state index contributed by atoms with van der Waals surface area (Å²) in [5, 5.41) is 3.19. The normalized spacial score (nSPS) is 19.2. The molecule has 0 aliphatic carbocycles. The summed E-state index contributed by atoms with van der Waals surface area (Å²) >= 11 is 1.96. The van der Waals surface area contributed by atoms with Gasteiger partial charge in [0.15, 0.2) is 0 Å². The highest BCUT2D eigenvalue weighted by Gasteiger charge is 2.17. The largest absolute Gasteiger partial charge is 0.375 e. The third-order valence-electron chi connectivity index (χ3n) is 1.72. The summed E-state index contributed by atoms with van der Waals surface area (Å²) in [5.74, 6) is 1.11. The van der Waals surface area contributed by atoms with Crippen molar-refractivity contribution in [2.45, 2.75) is 31.6 Å². The second kappa shape index (κ2) is 4.49. The fourth-order valence-electron chi connectivity index (χ4n) is 0.943. The summed E-state index contributed by atoms with van der Waals surface area (Å²) in [6.45, 7) is 9.70. The van der Waals surface area contributed by atoms with Crippen LogP contribution in [0.2, 0.25) is 0 Å². The maximum Gasteiger partial charge on any atom is 0.0823 e. The lowest BCUT2D eigenvalue weighted by Gasteiger charge is -2.27. The average molecular weight is 189 g/mol. The number of ether oxygens (including phenoxy) is 1. The first-order valence-electron chi connectivity index (χ1n) is 4.54. The average Bonchev–Trinajstić information content (AvgIpc) is 1.80. The molecule has 0 aromatic rings. The van der Waals surface area contributed by atoms with Crippen LogP contribution in [0, 0.1) is 0 Å². The summed E-state index contributed by atoms with van der Waals surface area (Å²) in [4.78, 5) is 0. The molecule has 0 bridgehead atoms. The van der Waals surface area contributed by atoms with Crippen molar-refractivity contribution >= 4 is 11.8 Å². The molecule has 1 aliphatic heterocycles. The molecule has 2 nitrogen and oxygen atoms in total. The number of hydrogen-bond donors (Lipinski definition) is 1. The molecule has 0 saturated carbocycles. The Bertz CT molecular complexity index is 129. The summed E-state index contributed by atoms with van der Waals surface area (Å²) in [6.07, 6.45) is 0.491. The highest BCUT2D eigenvalue weighted by molar-refractivity contribution is 8.00. The smallest absolute Gasteiger partial charge is 0.0823 e. The Balaban J connectivity index is 1.88. The molecule has 1 rings (SSSR count). The van der Waals surface area contributed by atoms with Crippen LogP contribution >= 0.6 is 11.8 Å². The monoisotopic (exact) mass is 189 g/mol. The third kappa shape index (κ3) is 4.33. The maximum atomic E-state index is 5.59. The van der Waals surface area contributed by atoms with Gasteiger partial charge in [0, 0.05) is 23.6 Å². The molecule has 0 aromatic heterocycles. The van der Waals surface area contributed by atoms with Gasteiger partial charge in [-0.2, -0.15) is 11.8 Å². The second-order valence-electron chi connectivity index (χ2n) is 4.11. The summed E-state index contributed by atoms with van der Waals surface area (Å²) < 4.78 is 5.97. The molecule has 1 N–H and O–H groups in total. The SMILES string of the molecule is CC(C)(C)SCCOC1CNC1. The van der Waals surface area contributed by atoms with Gasteiger partial charge < -0.3 is 10.1 Å². The van der Waals surface area contributed by atoms with E-state index in [0.717, 1.165) is 25.4 Å². The van der Waals surface area contributed by atoms with Gasteiger partial charge in [-0.1, -0.05) is 20.8 Å². The van der Waals surface area contributed by atoms with Crippen molar-refractivity contribution in [3.63, 3.8) is 0 Å². The Kier molecular flexibility index (Phi) is 3.87. The molecule has 1 saturated heterocycles. The highest BCUT2D eigenvalue weighted by Crippen LogP contribution is 2.22. The van der Waals surface area contributed by atoms with Gasteiger partial charge in [-0.05, 0) is 0 Å². The Morgan fingerprint density at radius 3 is 2.50 bits per heavy atom. The first-order valence-corrected chi connectivity index (χ1v) is 5.53. The molecule has 0 radical (unpaired) electrons. The first-order chi connectivity index (χ1) is 5.58. The Morgan fingerprint density at radius 2 is 2.08 bits per heavy atom. The Morgan fingerprint density at radius 1 is 1.42 bits per heavy atom. The van der Waals surface area contributed by atoms with E-state index in [4.69, 9.17) is 4.74 Å². The van der Waals surface area contributed by atoms with Gasteiger partial charge in [-0.3, -0.25) is 0 Å². The first kappa shape index (κ1) is 10.4. The summed E-state index contributed by atoms with van der Waals surface area (Å²) in [6, 6.07) is 0. The molecule has 0 unspecified atom stereocenters. The lowest BCUT2D eigenvalue weighted by atomic mass is 10.2. The zero-order valence-corrected chi connectivity index (χ0v) is 9.04. The van der Waals surface area contributed by atoms with Crippen molar-refractivity contribution in [2.24, 2.45) is 0 Å². The molecule has 0 atom stereocenters. The lowest BCUT2D eigenvalue weighted by Crippen LogP contribution is -2.48. The van der Waals surface area contributed by atoms with E-state index in [1.807, 2.05) is 11.8 Å². The highest BCUT2D eigenvalue weighted by atomic mass is 32.2. The van der Waals surface area contributed by atoms with Crippen LogP contribution in [0.5, 0.6) is 0 Å². The van der Waals surface area contributed by atoms with E-state index in [0.29, 0.717) is 10.9 Å².